The standard InChI is InChI=1S/C14H28N2O/c1-3-15-14-6-4-5-12(14)7-9-16-10-8-13(11-16)17-2/h12-15H,3-11H2,1-2H3. The van der Waals surface area contributed by atoms with Crippen LogP contribution in [-0.4, -0.2) is 50.3 Å². The van der Waals surface area contributed by atoms with Crippen molar-refractivity contribution >= 4 is 0 Å². The molecule has 2 rings (SSSR count). The Kier molecular flexibility index (Phi) is 5.26. The lowest BCUT2D eigenvalue weighted by Crippen LogP contribution is -2.34. The highest BCUT2D eigenvalue weighted by Gasteiger charge is 2.28. The van der Waals surface area contributed by atoms with Crippen LogP contribution in [0.2, 0.25) is 0 Å². The molecule has 0 spiro atoms. The number of nitrogens with one attached hydrogen (secondary N) is 1. The molecule has 0 radical (unpaired) electrons. The number of nitrogens with zero attached hydrogens (tertiary/aromatic N) is 1. The molecule has 2 fully saturated rings. The number of rotatable bonds is 6. The maximum Gasteiger partial charge on any atom is 0.0710 e. The molecule has 1 aliphatic heterocycles. The van der Waals surface area contributed by atoms with E-state index in [4.69, 9.17) is 4.74 Å². The number of hydrogen-bond acceptors (Lipinski definition) is 3. The Bertz CT molecular complexity index is 222. The lowest BCUT2D eigenvalue weighted by Gasteiger charge is -2.23. The summed E-state index contributed by atoms with van der Waals surface area (Å²) in [5.41, 5.74) is 0. The number of likely N-dealkylation sites (tertiary alicyclic amines) is 1. The van der Waals surface area contributed by atoms with Crippen molar-refractivity contribution < 1.29 is 4.74 Å². The zero-order valence-electron chi connectivity index (χ0n) is 11.5. The van der Waals surface area contributed by atoms with Crippen molar-refractivity contribution in [3.63, 3.8) is 0 Å². The third-order valence-corrected chi connectivity index (χ3v) is 4.50. The van der Waals surface area contributed by atoms with Gasteiger partial charge < -0.3 is 15.0 Å². The second kappa shape index (κ2) is 6.72. The minimum absolute atomic E-state index is 0.489. The molecular weight excluding hydrogens is 212 g/mol. The first-order valence-corrected chi connectivity index (χ1v) is 7.32. The zero-order valence-corrected chi connectivity index (χ0v) is 11.5. The van der Waals surface area contributed by atoms with Crippen LogP contribution in [0.3, 0.4) is 0 Å². The first-order valence-electron chi connectivity index (χ1n) is 7.32. The van der Waals surface area contributed by atoms with Gasteiger partial charge >= 0.3 is 0 Å². The molecule has 3 atom stereocenters. The Labute approximate surface area is 106 Å². The fourth-order valence-corrected chi connectivity index (χ4v) is 3.45. The zero-order chi connectivity index (χ0) is 12.1. The van der Waals surface area contributed by atoms with Gasteiger partial charge in [0.15, 0.2) is 0 Å². The van der Waals surface area contributed by atoms with Crippen molar-refractivity contribution in [3.8, 4) is 0 Å². The van der Waals surface area contributed by atoms with E-state index in [1.165, 1.54) is 45.2 Å². The van der Waals surface area contributed by atoms with Crippen LogP contribution >= 0.6 is 0 Å². The molecule has 3 heteroatoms. The van der Waals surface area contributed by atoms with Gasteiger partial charge in [0, 0.05) is 26.2 Å². The molecule has 2 aliphatic rings. The van der Waals surface area contributed by atoms with E-state index in [2.05, 4.69) is 17.1 Å². The van der Waals surface area contributed by atoms with E-state index < -0.39 is 0 Å². The van der Waals surface area contributed by atoms with Crippen LogP contribution in [0.1, 0.15) is 39.0 Å². The molecule has 3 unspecified atom stereocenters. The average Bonchev–Trinajstić information content (AvgIpc) is 2.95. The van der Waals surface area contributed by atoms with Crippen molar-refractivity contribution in [2.45, 2.75) is 51.2 Å². The molecule has 0 aromatic rings. The summed E-state index contributed by atoms with van der Waals surface area (Å²) in [4.78, 5) is 2.58. The Morgan fingerprint density at radius 2 is 2.18 bits per heavy atom. The molecule has 0 bridgehead atoms. The number of hydrogen-bond donors (Lipinski definition) is 1. The van der Waals surface area contributed by atoms with Gasteiger partial charge in [0.25, 0.3) is 0 Å². The molecule has 0 aromatic carbocycles. The third kappa shape index (κ3) is 3.67. The van der Waals surface area contributed by atoms with E-state index in [0.29, 0.717) is 6.10 Å². The smallest absolute Gasteiger partial charge is 0.0710 e. The average molecular weight is 240 g/mol. The number of ether oxygens (including phenoxy) is 1. The van der Waals surface area contributed by atoms with E-state index in [9.17, 15) is 0 Å². The molecule has 17 heavy (non-hydrogen) atoms. The minimum atomic E-state index is 0.489. The Morgan fingerprint density at radius 1 is 1.29 bits per heavy atom. The Balaban J connectivity index is 1.67. The van der Waals surface area contributed by atoms with Crippen molar-refractivity contribution in [1.29, 1.82) is 0 Å². The predicted molar refractivity (Wildman–Crippen MR) is 71.3 cm³/mol. The second-order valence-electron chi connectivity index (χ2n) is 5.59. The largest absolute Gasteiger partial charge is 0.380 e. The van der Waals surface area contributed by atoms with E-state index >= 15 is 0 Å². The highest BCUT2D eigenvalue weighted by molar-refractivity contribution is 4.84. The molecule has 0 aromatic heterocycles. The molecule has 1 saturated carbocycles. The van der Waals surface area contributed by atoms with Gasteiger partial charge in [-0.05, 0) is 44.7 Å². The highest BCUT2D eigenvalue weighted by Crippen LogP contribution is 2.29. The first kappa shape index (κ1) is 13.3. The summed E-state index contributed by atoms with van der Waals surface area (Å²) in [5, 5.41) is 3.65. The monoisotopic (exact) mass is 240 g/mol. The minimum Gasteiger partial charge on any atom is -0.380 e. The first-order chi connectivity index (χ1) is 8.33. The van der Waals surface area contributed by atoms with E-state index in [0.717, 1.165) is 25.0 Å². The molecule has 1 N–H and O–H groups in total. The van der Waals surface area contributed by atoms with Crippen LogP contribution in [0, 0.1) is 5.92 Å². The summed E-state index contributed by atoms with van der Waals surface area (Å²) in [6.07, 6.45) is 7.32. The molecular formula is C14H28N2O. The van der Waals surface area contributed by atoms with Crippen molar-refractivity contribution in [1.82, 2.24) is 10.2 Å². The van der Waals surface area contributed by atoms with Crippen LogP contribution in [-0.2, 0) is 4.74 Å². The predicted octanol–water partition coefficient (Wildman–Crippen LogP) is 1.88. The van der Waals surface area contributed by atoms with Crippen LogP contribution in [0.5, 0.6) is 0 Å². The third-order valence-electron chi connectivity index (χ3n) is 4.50. The lowest BCUT2D eigenvalue weighted by atomic mass is 9.99. The molecule has 1 heterocycles. The Hall–Kier alpha value is -0.120. The van der Waals surface area contributed by atoms with Gasteiger partial charge in [0.2, 0.25) is 0 Å². The van der Waals surface area contributed by atoms with Gasteiger partial charge in [0.05, 0.1) is 6.10 Å². The van der Waals surface area contributed by atoms with Gasteiger partial charge in [0.1, 0.15) is 0 Å². The summed E-state index contributed by atoms with van der Waals surface area (Å²) >= 11 is 0. The molecule has 1 aliphatic carbocycles. The summed E-state index contributed by atoms with van der Waals surface area (Å²) in [5.74, 6) is 0.913. The van der Waals surface area contributed by atoms with Crippen molar-refractivity contribution in [3.05, 3.63) is 0 Å². The molecule has 0 amide bonds. The summed E-state index contributed by atoms with van der Waals surface area (Å²) in [6.45, 7) is 6.99. The van der Waals surface area contributed by atoms with Crippen molar-refractivity contribution in [2.75, 3.05) is 33.3 Å². The lowest BCUT2D eigenvalue weighted by molar-refractivity contribution is 0.107. The molecule has 3 nitrogen and oxygen atoms in total. The molecule has 100 valence electrons. The van der Waals surface area contributed by atoms with Crippen LogP contribution in [0.4, 0.5) is 0 Å². The maximum atomic E-state index is 5.42. The fourth-order valence-electron chi connectivity index (χ4n) is 3.45. The Morgan fingerprint density at radius 3 is 2.88 bits per heavy atom. The summed E-state index contributed by atoms with van der Waals surface area (Å²) in [7, 11) is 1.84. The van der Waals surface area contributed by atoms with Crippen molar-refractivity contribution in [2.24, 2.45) is 5.92 Å². The highest BCUT2D eigenvalue weighted by atomic mass is 16.5. The van der Waals surface area contributed by atoms with E-state index in [1.54, 1.807) is 0 Å². The van der Waals surface area contributed by atoms with Crippen LogP contribution < -0.4 is 5.32 Å². The van der Waals surface area contributed by atoms with E-state index in [1.807, 2.05) is 7.11 Å². The van der Waals surface area contributed by atoms with Gasteiger partial charge in [-0.1, -0.05) is 13.3 Å². The second-order valence-corrected chi connectivity index (χ2v) is 5.59. The van der Waals surface area contributed by atoms with Gasteiger partial charge in [-0.2, -0.15) is 0 Å². The maximum absolute atomic E-state index is 5.42. The normalized spacial score (nSPS) is 34.6. The SMILES string of the molecule is CCNC1CCCC1CCN1CCC(OC)C1. The quantitative estimate of drug-likeness (QED) is 0.767. The summed E-state index contributed by atoms with van der Waals surface area (Å²) < 4.78 is 5.42. The topological polar surface area (TPSA) is 24.5 Å². The van der Waals surface area contributed by atoms with E-state index in [-0.39, 0.29) is 0 Å². The number of methoxy groups -OCH3 is 1. The van der Waals surface area contributed by atoms with Gasteiger partial charge in [-0.25, -0.2) is 0 Å². The molecule has 1 saturated heterocycles. The summed E-state index contributed by atoms with van der Waals surface area (Å²) in [6, 6.07) is 0.792. The fraction of sp³-hybridized carbons (Fsp3) is 1.00. The van der Waals surface area contributed by atoms with Gasteiger partial charge in [-0.15, -0.1) is 0 Å². The van der Waals surface area contributed by atoms with Crippen LogP contribution in [0.25, 0.3) is 0 Å². The van der Waals surface area contributed by atoms with Gasteiger partial charge in [-0.3, -0.25) is 0 Å². The van der Waals surface area contributed by atoms with Crippen LogP contribution in [0.15, 0.2) is 0 Å².